The summed E-state index contributed by atoms with van der Waals surface area (Å²) in [5.74, 6) is 0.236. The maximum absolute atomic E-state index is 12.2. The monoisotopic (exact) mass is 360 g/mol. The Labute approximate surface area is 146 Å². The van der Waals surface area contributed by atoms with Gasteiger partial charge in [-0.2, -0.15) is 0 Å². The number of amides is 1. The van der Waals surface area contributed by atoms with Crippen LogP contribution >= 0.6 is 23.1 Å². The summed E-state index contributed by atoms with van der Waals surface area (Å²) >= 11 is 2.95. The highest BCUT2D eigenvalue weighted by Gasteiger charge is 2.16. The highest BCUT2D eigenvalue weighted by atomic mass is 32.2. The number of H-pyrrole nitrogens is 1. The highest BCUT2D eigenvalue weighted by Crippen LogP contribution is 2.36. The molecule has 6 nitrogen and oxygen atoms in total. The number of nitrogens with two attached hydrogens (primary N) is 1. The van der Waals surface area contributed by atoms with Crippen LogP contribution in [0.5, 0.6) is 0 Å². The van der Waals surface area contributed by atoms with Gasteiger partial charge in [0.05, 0.1) is 28.3 Å². The third-order valence-corrected chi connectivity index (χ3v) is 5.86. The summed E-state index contributed by atoms with van der Waals surface area (Å²) in [4.78, 5) is 36.0. The SMILES string of the molecule is Cc1nc(S[C@H](C)c2nc3ccccc3c(=O)[nH]2)sc1CC(N)=O. The lowest BCUT2D eigenvalue weighted by Crippen LogP contribution is -2.13. The number of aryl methyl sites for hydroxylation is 1. The van der Waals surface area contributed by atoms with Crippen molar-refractivity contribution in [3.8, 4) is 0 Å². The van der Waals surface area contributed by atoms with Crippen LogP contribution in [-0.2, 0) is 11.2 Å². The maximum Gasteiger partial charge on any atom is 0.258 e. The quantitative estimate of drug-likeness (QED) is 0.681. The first-order chi connectivity index (χ1) is 11.4. The standard InChI is InChI=1S/C16H16N4O2S2/c1-8-12(7-13(17)21)24-16(18-8)23-9(2)14-19-11-6-4-3-5-10(11)15(22)20-14/h3-6,9H,7H2,1-2H3,(H2,17,21)(H,19,20,22)/t9-/m1/s1. The summed E-state index contributed by atoms with van der Waals surface area (Å²) in [5, 5.41) is 0.501. The van der Waals surface area contributed by atoms with E-state index in [9.17, 15) is 9.59 Å². The molecule has 0 saturated carbocycles. The minimum absolute atomic E-state index is 0.0747. The first kappa shape index (κ1) is 16.7. The van der Waals surface area contributed by atoms with E-state index in [1.807, 2.05) is 32.0 Å². The molecule has 0 aliphatic heterocycles. The van der Waals surface area contributed by atoms with Gasteiger partial charge in [-0.3, -0.25) is 9.59 Å². The Morgan fingerprint density at radius 3 is 2.88 bits per heavy atom. The second kappa shape index (κ2) is 6.74. The van der Waals surface area contributed by atoms with Crippen LogP contribution in [0.25, 0.3) is 10.9 Å². The van der Waals surface area contributed by atoms with Crippen LogP contribution in [0.15, 0.2) is 33.4 Å². The molecule has 0 radical (unpaired) electrons. The molecular formula is C16H16N4O2S2. The Hall–Kier alpha value is -2.19. The lowest BCUT2D eigenvalue weighted by molar-refractivity contribution is -0.117. The van der Waals surface area contributed by atoms with E-state index in [1.54, 1.807) is 6.07 Å². The number of primary amides is 1. The zero-order chi connectivity index (χ0) is 17.3. The molecule has 0 saturated heterocycles. The van der Waals surface area contributed by atoms with Crippen LogP contribution in [0, 0.1) is 6.92 Å². The fraction of sp³-hybridized carbons (Fsp3) is 0.250. The maximum atomic E-state index is 12.2. The summed E-state index contributed by atoms with van der Waals surface area (Å²) in [7, 11) is 0. The van der Waals surface area contributed by atoms with Crippen molar-refractivity contribution in [3.63, 3.8) is 0 Å². The minimum Gasteiger partial charge on any atom is -0.369 e. The number of carbonyl (C=O) groups excluding carboxylic acids is 1. The van der Waals surface area contributed by atoms with E-state index < -0.39 is 0 Å². The number of aromatic nitrogens is 3. The summed E-state index contributed by atoms with van der Waals surface area (Å²) < 4.78 is 0.826. The first-order valence-corrected chi connectivity index (χ1v) is 9.04. The molecule has 3 rings (SSSR count). The first-order valence-electron chi connectivity index (χ1n) is 7.34. The van der Waals surface area contributed by atoms with Gasteiger partial charge in [-0.1, -0.05) is 23.9 Å². The van der Waals surface area contributed by atoms with Crippen molar-refractivity contribution in [2.45, 2.75) is 29.9 Å². The zero-order valence-corrected chi connectivity index (χ0v) is 14.8. The van der Waals surface area contributed by atoms with Crippen molar-refractivity contribution < 1.29 is 4.79 Å². The predicted octanol–water partition coefficient (Wildman–Crippen LogP) is 2.57. The van der Waals surface area contributed by atoms with Crippen molar-refractivity contribution in [3.05, 3.63) is 51.0 Å². The van der Waals surface area contributed by atoms with Crippen LogP contribution in [0.2, 0.25) is 0 Å². The van der Waals surface area contributed by atoms with Gasteiger partial charge in [0.1, 0.15) is 5.82 Å². The van der Waals surface area contributed by atoms with E-state index >= 15 is 0 Å². The fourth-order valence-corrected chi connectivity index (χ4v) is 4.72. The molecule has 8 heteroatoms. The number of rotatable bonds is 5. The number of para-hydroxylation sites is 1. The van der Waals surface area contributed by atoms with Crippen LogP contribution in [-0.4, -0.2) is 20.9 Å². The van der Waals surface area contributed by atoms with Crippen LogP contribution in [0.3, 0.4) is 0 Å². The molecule has 0 aliphatic carbocycles. The average Bonchev–Trinajstić information content (AvgIpc) is 2.86. The number of nitrogens with one attached hydrogen (secondary N) is 1. The molecule has 0 aliphatic rings. The largest absolute Gasteiger partial charge is 0.369 e. The Balaban J connectivity index is 1.86. The minimum atomic E-state index is -0.369. The van der Waals surface area contributed by atoms with Gasteiger partial charge in [-0.05, 0) is 26.0 Å². The lowest BCUT2D eigenvalue weighted by Gasteiger charge is -2.09. The molecule has 1 aromatic carbocycles. The molecule has 0 unspecified atom stereocenters. The summed E-state index contributed by atoms with van der Waals surface area (Å²) in [6.07, 6.45) is 0.198. The molecule has 2 heterocycles. The van der Waals surface area contributed by atoms with E-state index in [2.05, 4.69) is 15.0 Å². The van der Waals surface area contributed by atoms with E-state index in [1.165, 1.54) is 23.1 Å². The Bertz CT molecular complexity index is 964. The smallest absolute Gasteiger partial charge is 0.258 e. The molecule has 0 spiro atoms. The van der Waals surface area contributed by atoms with Gasteiger partial charge in [0.15, 0.2) is 4.34 Å². The topological polar surface area (TPSA) is 102 Å². The average molecular weight is 360 g/mol. The fourth-order valence-electron chi connectivity index (χ4n) is 2.28. The molecule has 124 valence electrons. The van der Waals surface area contributed by atoms with Gasteiger partial charge in [0, 0.05) is 4.88 Å². The number of hydrogen-bond donors (Lipinski definition) is 2. The summed E-state index contributed by atoms with van der Waals surface area (Å²) in [6, 6.07) is 7.25. The third kappa shape index (κ3) is 3.49. The Morgan fingerprint density at radius 2 is 2.12 bits per heavy atom. The van der Waals surface area contributed by atoms with Gasteiger partial charge < -0.3 is 10.7 Å². The number of aromatic amines is 1. The van der Waals surface area contributed by atoms with Crippen LogP contribution in [0.1, 0.15) is 28.6 Å². The predicted molar refractivity (Wildman–Crippen MR) is 96.4 cm³/mol. The molecule has 2 aromatic heterocycles. The molecule has 1 amide bonds. The normalized spacial score (nSPS) is 12.4. The molecule has 0 bridgehead atoms. The van der Waals surface area contributed by atoms with Crippen LogP contribution < -0.4 is 11.3 Å². The summed E-state index contributed by atoms with van der Waals surface area (Å²) in [5.41, 5.74) is 6.59. The Morgan fingerprint density at radius 1 is 1.38 bits per heavy atom. The number of hydrogen-bond acceptors (Lipinski definition) is 6. The number of thioether (sulfide) groups is 1. The van der Waals surface area contributed by atoms with E-state index in [0.29, 0.717) is 16.7 Å². The number of carbonyl (C=O) groups is 1. The van der Waals surface area contributed by atoms with Crippen molar-refractivity contribution >= 4 is 39.9 Å². The van der Waals surface area contributed by atoms with Gasteiger partial charge in [0.2, 0.25) is 5.91 Å². The number of thiazole rings is 1. The summed E-state index contributed by atoms with van der Waals surface area (Å²) in [6.45, 7) is 3.82. The second-order valence-electron chi connectivity index (χ2n) is 5.36. The van der Waals surface area contributed by atoms with E-state index in [0.717, 1.165) is 14.9 Å². The van der Waals surface area contributed by atoms with E-state index in [4.69, 9.17) is 5.73 Å². The Kier molecular flexibility index (Phi) is 4.68. The van der Waals surface area contributed by atoms with Gasteiger partial charge >= 0.3 is 0 Å². The molecule has 3 N–H and O–H groups in total. The molecule has 24 heavy (non-hydrogen) atoms. The van der Waals surface area contributed by atoms with Crippen LogP contribution in [0.4, 0.5) is 0 Å². The zero-order valence-electron chi connectivity index (χ0n) is 13.2. The molecule has 0 fully saturated rings. The van der Waals surface area contributed by atoms with Crippen molar-refractivity contribution in [1.29, 1.82) is 0 Å². The lowest BCUT2D eigenvalue weighted by atomic mass is 10.2. The molecule has 1 atom stereocenters. The highest BCUT2D eigenvalue weighted by molar-refractivity contribution is 8.01. The molecule has 3 aromatic rings. The number of benzene rings is 1. The van der Waals surface area contributed by atoms with Crippen molar-refractivity contribution in [2.75, 3.05) is 0 Å². The number of fused-ring (bicyclic) bond motifs is 1. The van der Waals surface area contributed by atoms with Gasteiger partial charge in [-0.15, -0.1) is 11.3 Å². The number of nitrogens with zero attached hydrogens (tertiary/aromatic N) is 2. The van der Waals surface area contributed by atoms with Gasteiger partial charge in [-0.25, -0.2) is 9.97 Å². The van der Waals surface area contributed by atoms with Crippen molar-refractivity contribution in [2.24, 2.45) is 5.73 Å². The van der Waals surface area contributed by atoms with Crippen molar-refractivity contribution in [1.82, 2.24) is 15.0 Å². The van der Waals surface area contributed by atoms with E-state index in [-0.39, 0.29) is 23.1 Å². The van der Waals surface area contributed by atoms with Gasteiger partial charge in [0.25, 0.3) is 5.56 Å². The molecular weight excluding hydrogens is 344 g/mol. The third-order valence-electron chi connectivity index (χ3n) is 3.50. The second-order valence-corrected chi connectivity index (χ2v) is 8.03.